The van der Waals surface area contributed by atoms with E-state index in [1.54, 1.807) is 26.0 Å². The summed E-state index contributed by atoms with van der Waals surface area (Å²) in [6.45, 7) is 7.99. The highest BCUT2D eigenvalue weighted by molar-refractivity contribution is 7.48. The molecule has 0 radical (unpaired) electrons. The van der Waals surface area contributed by atoms with Gasteiger partial charge < -0.3 is 14.7 Å². The van der Waals surface area contributed by atoms with Crippen molar-refractivity contribution in [1.82, 2.24) is 5.32 Å². The van der Waals surface area contributed by atoms with E-state index in [4.69, 9.17) is 13.6 Å². The van der Waals surface area contributed by atoms with Gasteiger partial charge in [-0.3, -0.25) is 9.05 Å². The molecule has 21 heavy (non-hydrogen) atoms. The third-order valence-corrected chi connectivity index (χ3v) is 4.69. The van der Waals surface area contributed by atoms with Crippen molar-refractivity contribution in [2.24, 2.45) is 0 Å². The van der Waals surface area contributed by atoms with Crippen LogP contribution in [0.1, 0.15) is 13.8 Å². The molecular weight excluding hydrogens is 291 g/mol. The van der Waals surface area contributed by atoms with Gasteiger partial charge in [-0.25, -0.2) is 4.57 Å². The lowest BCUT2D eigenvalue weighted by Crippen LogP contribution is -2.43. The van der Waals surface area contributed by atoms with Crippen molar-refractivity contribution in [3.8, 4) is 5.75 Å². The largest absolute Gasteiger partial charge is 0.530 e. The molecule has 118 valence electrons. The fourth-order valence-electron chi connectivity index (χ4n) is 2.18. The maximum atomic E-state index is 12.3. The van der Waals surface area contributed by atoms with Gasteiger partial charge in [0.25, 0.3) is 0 Å². The summed E-state index contributed by atoms with van der Waals surface area (Å²) in [5, 5.41) is 3.32. The molecule has 6 nitrogen and oxygen atoms in total. The Kier molecular flexibility index (Phi) is 6.06. The van der Waals surface area contributed by atoms with Gasteiger partial charge in [0, 0.05) is 31.9 Å². The summed E-state index contributed by atoms with van der Waals surface area (Å²) in [6.07, 6.45) is 0. The lowest BCUT2D eigenvalue weighted by atomic mass is 10.2. The summed E-state index contributed by atoms with van der Waals surface area (Å²) in [5.74, 6) is 0.485. The molecule has 0 spiro atoms. The SMILES string of the molecule is CCOP(=O)(OCC)Oc1ccc(N2CCNCC2)cc1. The second-order valence-electron chi connectivity index (χ2n) is 4.60. The van der Waals surface area contributed by atoms with Gasteiger partial charge in [0.1, 0.15) is 5.75 Å². The molecule has 2 rings (SSSR count). The maximum Gasteiger partial charge on any atom is 0.530 e. The van der Waals surface area contributed by atoms with E-state index < -0.39 is 7.82 Å². The van der Waals surface area contributed by atoms with Crippen LogP contribution in [-0.2, 0) is 13.6 Å². The van der Waals surface area contributed by atoms with Crippen molar-refractivity contribution >= 4 is 13.5 Å². The van der Waals surface area contributed by atoms with Crippen molar-refractivity contribution in [2.45, 2.75) is 13.8 Å². The Morgan fingerprint density at radius 2 is 1.67 bits per heavy atom. The smallest absolute Gasteiger partial charge is 0.404 e. The van der Waals surface area contributed by atoms with Crippen LogP contribution in [0.15, 0.2) is 24.3 Å². The molecule has 0 saturated carbocycles. The minimum absolute atomic E-state index is 0.274. The molecule has 1 saturated heterocycles. The monoisotopic (exact) mass is 314 g/mol. The van der Waals surface area contributed by atoms with E-state index in [2.05, 4.69) is 10.2 Å². The third-order valence-electron chi connectivity index (χ3n) is 3.11. The molecule has 1 aliphatic rings. The first-order valence-electron chi connectivity index (χ1n) is 7.31. The van der Waals surface area contributed by atoms with Crippen LogP contribution in [0.3, 0.4) is 0 Å². The van der Waals surface area contributed by atoms with Gasteiger partial charge >= 0.3 is 7.82 Å². The summed E-state index contributed by atoms with van der Waals surface area (Å²) in [6, 6.07) is 7.51. The van der Waals surface area contributed by atoms with E-state index in [0.717, 1.165) is 31.9 Å². The van der Waals surface area contributed by atoms with E-state index in [0.29, 0.717) is 5.75 Å². The number of phosphoric ester groups is 1. The van der Waals surface area contributed by atoms with Crippen LogP contribution in [0, 0.1) is 0 Å². The summed E-state index contributed by atoms with van der Waals surface area (Å²) in [4.78, 5) is 2.30. The molecule has 0 atom stereocenters. The molecule has 1 aliphatic heterocycles. The standard InChI is InChI=1S/C14H23N2O4P/c1-3-18-21(17,19-4-2)20-14-7-5-13(6-8-14)16-11-9-15-10-12-16/h5-8,15H,3-4,9-12H2,1-2H3. The molecule has 0 amide bonds. The molecule has 0 unspecified atom stereocenters. The summed E-state index contributed by atoms with van der Waals surface area (Å²) >= 11 is 0. The first-order chi connectivity index (χ1) is 10.2. The van der Waals surface area contributed by atoms with Crippen molar-refractivity contribution in [3.05, 3.63) is 24.3 Å². The second-order valence-corrected chi connectivity index (χ2v) is 6.20. The molecule has 7 heteroatoms. The summed E-state index contributed by atoms with van der Waals surface area (Å²) in [5.41, 5.74) is 1.13. The van der Waals surface area contributed by atoms with E-state index in [9.17, 15) is 4.57 Å². The Labute approximate surface area is 126 Å². The highest BCUT2D eigenvalue weighted by atomic mass is 31.2. The van der Waals surface area contributed by atoms with Crippen molar-refractivity contribution in [2.75, 3.05) is 44.3 Å². The molecule has 1 aromatic carbocycles. The second kappa shape index (κ2) is 7.80. The average Bonchev–Trinajstić information content (AvgIpc) is 2.49. The predicted molar refractivity (Wildman–Crippen MR) is 83.0 cm³/mol. The highest BCUT2D eigenvalue weighted by Gasteiger charge is 2.27. The van der Waals surface area contributed by atoms with Gasteiger partial charge in [0.05, 0.1) is 13.2 Å². The Balaban J connectivity index is 2.02. The van der Waals surface area contributed by atoms with E-state index >= 15 is 0 Å². The minimum Gasteiger partial charge on any atom is -0.404 e. The van der Waals surface area contributed by atoms with Crippen LogP contribution in [-0.4, -0.2) is 39.4 Å². The zero-order valence-electron chi connectivity index (χ0n) is 12.6. The zero-order valence-corrected chi connectivity index (χ0v) is 13.5. The fraction of sp³-hybridized carbons (Fsp3) is 0.571. The number of piperazine rings is 1. The van der Waals surface area contributed by atoms with Crippen LogP contribution in [0.5, 0.6) is 5.75 Å². The molecule has 1 aromatic rings. The molecule has 0 bridgehead atoms. The Morgan fingerprint density at radius 1 is 1.10 bits per heavy atom. The van der Waals surface area contributed by atoms with Crippen molar-refractivity contribution < 1.29 is 18.1 Å². The molecule has 1 fully saturated rings. The van der Waals surface area contributed by atoms with Gasteiger partial charge in [-0.2, -0.15) is 0 Å². The number of nitrogens with zero attached hydrogens (tertiary/aromatic N) is 1. The number of nitrogens with one attached hydrogen (secondary N) is 1. The quantitative estimate of drug-likeness (QED) is 0.781. The zero-order chi connectivity index (χ0) is 15.1. The summed E-state index contributed by atoms with van der Waals surface area (Å²) in [7, 11) is -3.51. The predicted octanol–water partition coefficient (Wildman–Crippen LogP) is 2.66. The van der Waals surface area contributed by atoms with Crippen LogP contribution in [0.25, 0.3) is 0 Å². The Hall–Kier alpha value is -1.07. The van der Waals surface area contributed by atoms with E-state index in [1.807, 2.05) is 12.1 Å². The third kappa shape index (κ3) is 4.71. The summed E-state index contributed by atoms with van der Waals surface area (Å²) < 4.78 is 27.9. The lowest BCUT2D eigenvalue weighted by Gasteiger charge is -2.29. The Morgan fingerprint density at radius 3 is 2.19 bits per heavy atom. The van der Waals surface area contributed by atoms with Gasteiger partial charge in [-0.1, -0.05) is 0 Å². The number of hydrogen-bond donors (Lipinski definition) is 1. The number of rotatable bonds is 7. The van der Waals surface area contributed by atoms with Crippen LogP contribution >= 0.6 is 7.82 Å². The Bertz CT molecular complexity index is 464. The molecule has 1 N–H and O–H groups in total. The highest BCUT2D eigenvalue weighted by Crippen LogP contribution is 2.49. The van der Waals surface area contributed by atoms with Crippen molar-refractivity contribution in [3.63, 3.8) is 0 Å². The normalized spacial score (nSPS) is 16.0. The van der Waals surface area contributed by atoms with Crippen LogP contribution < -0.4 is 14.7 Å². The van der Waals surface area contributed by atoms with Crippen molar-refractivity contribution in [1.29, 1.82) is 0 Å². The van der Waals surface area contributed by atoms with E-state index in [-0.39, 0.29) is 13.2 Å². The fourth-order valence-corrected chi connectivity index (χ4v) is 3.37. The number of hydrogen-bond acceptors (Lipinski definition) is 6. The first-order valence-corrected chi connectivity index (χ1v) is 8.77. The van der Waals surface area contributed by atoms with Gasteiger partial charge in [-0.05, 0) is 38.1 Å². The minimum atomic E-state index is -3.51. The van der Waals surface area contributed by atoms with Gasteiger partial charge in [0.15, 0.2) is 0 Å². The lowest BCUT2D eigenvalue weighted by molar-refractivity contribution is 0.167. The molecule has 0 aromatic heterocycles. The number of anilines is 1. The van der Waals surface area contributed by atoms with E-state index in [1.165, 1.54) is 0 Å². The van der Waals surface area contributed by atoms with Crippen LogP contribution in [0.2, 0.25) is 0 Å². The topological polar surface area (TPSA) is 60.0 Å². The van der Waals surface area contributed by atoms with Gasteiger partial charge in [0.2, 0.25) is 0 Å². The first kappa shape index (κ1) is 16.3. The molecular formula is C14H23N2O4P. The number of benzene rings is 1. The number of phosphoric acid groups is 1. The maximum absolute atomic E-state index is 12.3. The molecule has 1 heterocycles. The van der Waals surface area contributed by atoms with Crippen LogP contribution in [0.4, 0.5) is 5.69 Å². The average molecular weight is 314 g/mol. The van der Waals surface area contributed by atoms with Gasteiger partial charge in [-0.15, -0.1) is 0 Å². The molecule has 0 aliphatic carbocycles.